The Morgan fingerprint density at radius 1 is 1.18 bits per heavy atom. The number of pyridine rings is 1. The molecule has 1 fully saturated rings. The van der Waals surface area contributed by atoms with Crippen LogP contribution in [-0.4, -0.2) is 75.1 Å². The van der Waals surface area contributed by atoms with Crippen LogP contribution in [0.2, 0.25) is 0 Å². The van der Waals surface area contributed by atoms with E-state index in [1.54, 1.807) is 42.3 Å². The van der Waals surface area contributed by atoms with E-state index in [2.05, 4.69) is 19.7 Å². The number of hydrogen-bond donors (Lipinski definition) is 2. The number of likely N-dealkylation sites (N-methyl/N-ethyl adjacent to an activating group) is 1. The molecular weight excluding hydrogens is 538 g/mol. The lowest BCUT2D eigenvalue weighted by Crippen LogP contribution is -2.25. The average molecular weight is 574 g/mol. The van der Waals surface area contributed by atoms with Gasteiger partial charge in [0.15, 0.2) is 22.3 Å². The van der Waals surface area contributed by atoms with E-state index in [1.807, 2.05) is 13.8 Å². The lowest BCUT2D eigenvalue weighted by Gasteiger charge is -2.22. The van der Waals surface area contributed by atoms with E-state index in [0.29, 0.717) is 18.1 Å². The number of rotatable bonds is 13. The first-order valence-corrected chi connectivity index (χ1v) is 14.5. The van der Waals surface area contributed by atoms with Crippen molar-refractivity contribution in [2.75, 3.05) is 50.1 Å². The number of hydrogen-bond acceptors (Lipinski definition) is 11. The van der Waals surface area contributed by atoms with Crippen molar-refractivity contribution >= 4 is 21.8 Å². The Labute approximate surface area is 234 Å². The Balaban J connectivity index is 1.80. The molecule has 4 rings (SSSR count). The average Bonchev–Trinajstić information content (AvgIpc) is 3.47. The zero-order chi connectivity index (χ0) is 28.7. The number of benzene rings is 1. The molecule has 3 aromatic rings. The molecule has 2 N–H and O–H groups in total. The maximum atomic E-state index is 13.5. The van der Waals surface area contributed by atoms with Crippen LogP contribution in [0.3, 0.4) is 0 Å². The van der Waals surface area contributed by atoms with Gasteiger partial charge in [0, 0.05) is 26.4 Å². The van der Waals surface area contributed by atoms with Crippen LogP contribution in [0.1, 0.15) is 38.2 Å². The van der Waals surface area contributed by atoms with Gasteiger partial charge in [0.05, 0.1) is 19.8 Å². The van der Waals surface area contributed by atoms with Gasteiger partial charge in [0.2, 0.25) is 11.7 Å². The summed E-state index contributed by atoms with van der Waals surface area (Å²) in [7, 11) is -1.04. The van der Waals surface area contributed by atoms with Crippen LogP contribution < -0.4 is 23.8 Å². The molecule has 1 atom stereocenters. The van der Waals surface area contributed by atoms with Crippen LogP contribution in [0, 0.1) is 0 Å². The summed E-state index contributed by atoms with van der Waals surface area (Å²) in [5, 5.41) is 9.29. The van der Waals surface area contributed by atoms with Crippen LogP contribution >= 0.6 is 0 Å². The standard InChI is InChI=1S/C27H35N5O7S/c1-18(2)19-11-12-23(28-16-19)40(34,35)31-25-24(39-22-10-6-5-9-21(22)36-4)26(38-17-20-8-7-15-37-20)30-27(29-25)32(3)13-14-33/h5-6,9-12,16,18,20,33H,7-8,13-15,17H2,1-4H3,(H,29,30,31). The second-order valence-electron chi connectivity index (χ2n) is 9.54. The van der Waals surface area contributed by atoms with Gasteiger partial charge in [-0.1, -0.05) is 32.0 Å². The summed E-state index contributed by atoms with van der Waals surface area (Å²) < 4.78 is 52.8. The van der Waals surface area contributed by atoms with Crippen molar-refractivity contribution in [3.63, 3.8) is 0 Å². The molecule has 0 amide bonds. The maximum absolute atomic E-state index is 13.5. The van der Waals surface area contributed by atoms with Gasteiger partial charge in [-0.15, -0.1) is 0 Å². The largest absolute Gasteiger partial charge is 0.493 e. The van der Waals surface area contributed by atoms with E-state index >= 15 is 0 Å². The molecule has 0 saturated carbocycles. The van der Waals surface area contributed by atoms with E-state index in [0.717, 1.165) is 18.4 Å². The van der Waals surface area contributed by atoms with Gasteiger partial charge in [-0.05, 0) is 42.5 Å². The van der Waals surface area contributed by atoms with E-state index in [-0.39, 0.29) is 60.2 Å². The molecule has 13 heteroatoms. The fraction of sp³-hybridized carbons (Fsp3) is 0.444. The second-order valence-corrected chi connectivity index (χ2v) is 11.2. The lowest BCUT2D eigenvalue weighted by molar-refractivity contribution is 0.0654. The van der Waals surface area contributed by atoms with Crippen molar-refractivity contribution in [1.29, 1.82) is 0 Å². The van der Waals surface area contributed by atoms with Crippen LogP contribution in [0.15, 0.2) is 47.6 Å². The number of nitrogens with zero attached hydrogens (tertiary/aromatic N) is 4. The Kier molecular flexibility index (Phi) is 9.61. The predicted octanol–water partition coefficient (Wildman–Crippen LogP) is 3.58. The minimum absolute atomic E-state index is 0.00277. The summed E-state index contributed by atoms with van der Waals surface area (Å²) in [5.74, 6) is 0.777. The summed E-state index contributed by atoms with van der Waals surface area (Å²) in [6, 6.07) is 10.1. The molecule has 0 bridgehead atoms. The number of aromatic nitrogens is 3. The highest BCUT2D eigenvalue weighted by molar-refractivity contribution is 7.92. The normalized spacial score (nSPS) is 15.2. The van der Waals surface area contributed by atoms with Crippen molar-refractivity contribution in [3.8, 4) is 23.1 Å². The number of methoxy groups -OCH3 is 1. The zero-order valence-corrected chi connectivity index (χ0v) is 23.8. The summed E-state index contributed by atoms with van der Waals surface area (Å²) >= 11 is 0. The van der Waals surface area contributed by atoms with E-state index in [9.17, 15) is 13.5 Å². The number of para-hydroxylation sites is 2. The molecule has 1 aliphatic heterocycles. The number of aliphatic hydroxyl groups excluding tert-OH is 1. The Morgan fingerprint density at radius 3 is 2.58 bits per heavy atom. The lowest BCUT2D eigenvalue weighted by atomic mass is 10.1. The molecule has 40 heavy (non-hydrogen) atoms. The second kappa shape index (κ2) is 13.1. The molecule has 12 nitrogen and oxygen atoms in total. The zero-order valence-electron chi connectivity index (χ0n) is 23.0. The molecular formula is C27H35N5O7S. The minimum Gasteiger partial charge on any atom is -0.493 e. The Hall–Kier alpha value is -3.68. The van der Waals surface area contributed by atoms with Crippen LogP contribution in [0.25, 0.3) is 0 Å². The fourth-order valence-electron chi connectivity index (χ4n) is 3.93. The van der Waals surface area contributed by atoms with Crippen molar-refractivity contribution < 1.29 is 32.5 Å². The van der Waals surface area contributed by atoms with Gasteiger partial charge >= 0.3 is 0 Å². The number of ether oxygens (including phenoxy) is 4. The van der Waals surface area contributed by atoms with Gasteiger partial charge in [0.1, 0.15) is 6.61 Å². The minimum atomic E-state index is -4.20. The number of nitrogens with one attached hydrogen (secondary N) is 1. The van der Waals surface area contributed by atoms with Crippen molar-refractivity contribution in [2.45, 2.75) is 43.7 Å². The Bertz CT molecular complexity index is 1380. The first kappa shape index (κ1) is 29.3. The summed E-state index contributed by atoms with van der Waals surface area (Å²) in [6.07, 6.45) is 3.13. The van der Waals surface area contributed by atoms with Gasteiger partial charge in [-0.3, -0.25) is 4.72 Å². The topological polar surface area (TPSA) is 145 Å². The highest BCUT2D eigenvalue weighted by Crippen LogP contribution is 2.41. The molecule has 1 saturated heterocycles. The highest BCUT2D eigenvalue weighted by atomic mass is 32.2. The molecule has 1 aromatic carbocycles. The highest BCUT2D eigenvalue weighted by Gasteiger charge is 2.27. The predicted molar refractivity (Wildman–Crippen MR) is 149 cm³/mol. The summed E-state index contributed by atoms with van der Waals surface area (Å²) in [6.45, 7) is 4.83. The maximum Gasteiger partial charge on any atom is 0.280 e. The summed E-state index contributed by atoms with van der Waals surface area (Å²) in [4.78, 5) is 14.7. The smallest absolute Gasteiger partial charge is 0.280 e. The van der Waals surface area contributed by atoms with Crippen LogP contribution in [-0.2, 0) is 14.8 Å². The number of anilines is 2. The SMILES string of the molecule is COc1ccccc1Oc1c(NS(=O)(=O)c2ccc(C(C)C)cn2)nc(N(C)CCO)nc1OCC1CCCO1. The monoisotopic (exact) mass is 573 g/mol. The third-order valence-corrected chi connectivity index (χ3v) is 7.50. The molecule has 1 aliphatic rings. The third-order valence-electron chi connectivity index (χ3n) is 6.24. The molecule has 0 spiro atoms. The van der Waals surface area contributed by atoms with Gasteiger partial charge in [-0.2, -0.15) is 18.4 Å². The van der Waals surface area contributed by atoms with E-state index < -0.39 is 10.0 Å². The van der Waals surface area contributed by atoms with Gasteiger partial charge in [-0.25, -0.2) is 4.98 Å². The first-order chi connectivity index (χ1) is 19.2. The van der Waals surface area contributed by atoms with Gasteiger partial charge in [0.25, 0.3) is 15.9 Å². The summed E-state index contributed by atoms with van der Waals surface area (Å²) in [5.41, 5.74) is 0.902. The molecule has 0 aliphatic carbocycles. The first-order valence-electron chi connectivity index (χ1n) is 13.0. The molecule has 216 valence electrons. The Morgan fingerprint density at radius 2 is 1.95 bits per heavy atom. The molecule has 1 unspecified atom stereocenters. The van der Waals surface area contributed by atoms with Crippen molar-refractivity contribution in [3.05, 3.63) is 48.2 Å². The fourth-order valence-corrected chi connectivity index (χ4v) is 4.87. The van der Waals surface area contributed by atoms with Crippen molar-refractivity contribution in [2.24, 2.45) is 0 Å². The number of sulfonamides is 1. The van der Waals surface area contributed by atoms with E-state index in [1.165, 1.54) is 19.4 Å². The molecule has 3 heterocycles. The van der Waals surface area contributed by atoms with Gasteiger partial charge < -0.3 is 29.0 Å². The van der Waals surface area contributed by atoms with E-state index in [4.69, 9.17) is 18.9 Å². The third kappa shape index (κ3) is 7.09. The number of aliphatic hydroxyl groups is 1. The van der Waals surface area contributed by atoms with Crippen molar-refractivity contribution in [1.82, 2.24) is 15.0 Å². The molecule has 0 radical (unpaired) electrons. The quantitative estimate of drug-likeness (QED) is 0.309. The van der Waals surface area contributed by atoms with Crippen LogP contribution in [0.5, 0.6) is 23.1 Å². The van der Waals surface area contributed by atoms with Crippen LogP contribution in [0.4, 0.5) is 11.8 Å². The molecule has 2 aromatic heterocycles.